The Morgan fingerprint density at radius 2 is 2.09 bits per heavy atom. The molecular formula is C8H7ClF2. The Morgan fingerprint density at radius 3 is 2.55 bits per heavy atom. The second kappa shape index (κ2) is 3.18. The van der Waals surface area contributed by atoms with E-state index in [1.807, 2.05) is 0 Å². The van der Waals surface area contributed by atoms with Crippen molar-refractivity contribution in [1.29, 1.82) is 0 Å². The van der Waals surface area contributed by atoms with Crippen LogP contribution < -0.4 is 0 Å². The van der Waals surface area contributed by atoms with E-state index in [9.17, 15) is 8.78 Å². The molecule has 0 heterocycles. The molecule has 0 amide bonds. The summed E-state index contributed by atoms with van der Waals surface area (Å²) in [5.74, 6) is -0.580. The van der Waals surface area contributed by atoms with E-state index in [1.54, 1.807) is 6.92 Å². The molecule has 0 aliphatic carbocycles. The summed E-state index contributed by atoms with van der Waals surface area (Å²) >= 11 is 5.62. The van der Waals surface area contributed by atoms with Gasteiger partial charge in [-0.05, 0) is 18.6 Å². The van der Waals surface area contributed by atoms with Crippen LogP contribution in [0.25, 0.3) is 0 Å². The molecule has 1 aromatic rings. The van der Waals surface area contributed by atoms with E-state index in [0.29, 0.717) is 5.56 Å². The number of rotatable bonds is 1. The van der Waals surface area contributed by atoms with Gasteiger partial charge in [-0.15, -0.1) is 0 Å². The van der Waals surface area contributed by atoms with Crippen LogP contribution in [-0.4, -0.2) is 0 Å². The van der Waals surface area contributed by atoms with Crippen LogP contribution in [0.5, 0.6) is 0 Å². The van der Waals surface area contributed by atoms with Gasteiger partial charge in [-0.2, -0.15) is 0 Å². The highest BCUT2D eigenvalue weighted by molar-refractivity contribution is 6.32. The van der Waals surface area contributed by atoms with Crippen molar-refractivity contribution in [3.05, 3.63) is 34.1 Å². The van der Waals surface area contributed by atoms with Gasteiger partial charge < -0.3 is 0 Å². The van der Waals surface area contributed by atoms with Crippen molar-refractivity contribution in [2.75, 3.05) is 0 Å². The van der Waals surface area contributed by atoms with Crippen molar-refractivity contribution in [3.8, 4) is 0 Å². The van der Waals surface area contributed by atoms with Crippen LogP contribution in [0, 0.1) is 12.7 Å². The normalized spacial score (nSPS) is 10.2. The Balaban J connectivity index is 3.29. The van der Waals surface area contributed by atoms with Gasteiger partial charge in [0.15, 0.2) is 0 Å². The van der Waals surface area contributed by atoms with Crippen molar-refractivity contribution >= 4 is 11.6 Å². The van der Waals surface area contributed by atoms with E-state index in [4.69, 9.17) is 11.6 Å². The second-order valence-electron chi connectivity index (χ2n) is 2.29. The predicted octanol–water partition coefficient (Wildman–Crippen LogP) is 3.26. The van der Waals surface area contributed by atoms with Gasteiger partial charge in [0.2, 0.25) is 0 Å². The van der Waals surface area contributed by atoms with Crippen LogP contribution in [0.2, 0.25) is 5.02 Å². The summed E-state index contributed by atoms with van der Waals surface area (Å²) in [5, 5.41) is 0.188. The minimum absolute atomic E-state index is 0.0494. The van der Waals surface area contributed by atoms with Gasteiger partial charge in [0.05, 0.1) is 5.02 Å². The molecule has 0 radical (unpaired) electrons. The lowest BCUT2D eigenvalue weighted by Crippen LogP contribution is -1.90. The summed E-state index contributed by atoms with van der Waals surface area (Å²) in [7, 11) is 0. The van der Waals surface area contributed by atoms with Gasteiger partial charge >= 0.3 is 0 Å². The molecule has 0 atom stereocenters. The third-order valence-corrected chi connectivity index (χ3v) is 2.04. The fraction of sp³-hybridized carbons (Fsp3) is 0.250. The van der Waals surface area contributed by atoms with Crippen molar-refractivity contribution in [1.82, 2.24) is 0 Å². The first-order valence-electron chi connectivity index (χ1n) is 3.16. The zero-order valence-electron chi connectivity index (χ0n) is 6.00. The lowest BCUT2D eigenvalue weighted by molar-refractivity contribution is 0.464. The number of hydrogen-bond acceptors (Lipinski definition) is 0. The Bertz CT molecular complexity index is 271. The molecule has 60 valence electrons. The number of halogens is 3. The molecule has 0 aliphatic heterocycles. The van der Waals surface area contributed by atoms with Crippen LogP contribution in [0.3, 0.4) is 0 Å². The summed E-state index contributed by atoms with van der Waals surface area (Å²) in [4.78, 5) is 0. The second-order valence-corrected chi connectivity index (χ2v) is 2.67. The molecule has 1 rings (SSSR count). The third-order valence-electron chi connectivity index (χ3n) is 1.51. The first-order valence-corrected chi connectivity index (χ1v) is 3.54. The van der Waals surface area contributed by atoms with Gasteiger partial charge in [-0.3, -0.25) is 0 Å². The summed E-state index contributed by atoms with van der Waals surface area (Å²) in [6.07, 6.45) is 0. The Morgan fingerprint density at radius 1 is 1.45 bits per heavy atom. The smallest absolute Gasteiger partial charge is 0.130 e. The zero-order chi connectivity index (χ0) is 8.43. The Labute approximate surface area is 68.8 Å². The molecule has 0 nitrogen and oxygen atoms in total. The Kier molecular flexibility index (Phi) is 2.45. The van der Waals surface area contributed by atoms with Gasteiger partial charge in [-0.1, -0.05) is 17.7 Å². The molecule has 0 unspecified atom stereocenters. The Hall–Kier alpha value is -0.630. The maximum Gasteiger partial charge on any atom is 0.130 e. The molecule has 0 spiro atoms. The standard InChI is InChI=1S/C8H7ClF2/c1-5-2-3-7(11)6(4-10)8(5)9/h2-3H,4H2,1H3. The highest BCUT2D eigenvalue weighted by Crippen LogP contribution is 2.23. The minimum Gasteiger partial charge on any atom is -0.246 e. The molecule has 0 N–H and O–H groups in total. The first kappa shape index (κ1) is 8.47. The van der Waals surface area contributed by atoms with Gasteiger partial charge in [0.1, 0.15) is 12.5 Å². The van der Waals surface area contributed by atoms with Gasteiger partial charge in [-0.25, -0.2) is 8.78 Å². The average molecular weight is 177 g/mol. The average Bonchev–Trinajstić information content (AvgIpc) is 1.99. The third kappa shape index (κ3) is 1.51. The molecule has 11 heavy (non-hydrogen) atoms. The lowest BCUT2D eigenvalue weighted by Gasteiger charge is -2.03. The fourth-order valence-corrected chi connectivity index (χ4v) is 1.04. The minimum atomic E-state index is -0.855. The first-order chi connectivity index (χ1) is 5.16. The fourth-order valence-electron chi connectivity index (χ4n) is 0.837. The lowest BCUT2D eigenvalue weighted by atomic mass is 10.1. The van der Waals surface area contributed by atoms with Crippen LogP contribution in [0.15, 0.2) is 12.1 Å². The van der Waals surface area contributed by atoms with Crippen LogP contribution >= 0.6 is 11.6 Å². The number of aryl methyl sites for hydroxylation is 1. The van der Waals surface area contributed by atoms with E-state index >= 15 is 0 Å². The topological polar surface area (TPSA) is 0 Å². The molecule has 0 aliphatic rings. The van der Waals surface area contributed by atoms with Crippen molar-refractivity contribution in [2.45, 2.75) is 13.6 Å². The molecule has 0 aromatic heterocycles. The van der Waals surface area contributed by atoms with Crippen LogP contribution in [0.1, 0.15) is 11.1 Å². The van der Waals surface area contributed by atoms with Crippen molar-refractivity contribution < 1.29 is 8.78 Å². The SMILES string of the molecule is Cc1ccc(F)c(CF)c1Cl. The highest BCUT2D eigenvalue weighted by atomic mass is 35.5. The van der Waals surface area contributed by atoms with Crippen molar-refractivity contribution in [2.24, 2.45) is 0 Å². The van der Waals surface area contributed by atoms with Gasteiger partial charge in [0.25, 0.3) is 0 Å². The van der Waals surface area contributed by atoms with Crippen LogP contribution in [0.4, 0.5) is 8.78 Å². The summed E-state index contributed by atoms with van der Waals surface area (Å²) in [5.41, 5.74) is 0.646. The number of hydrogen-bond donors (Lipinski definition) is 0. The molecule has 0 saturated heterocycles. The number of benzene rings is 1. The van der Waals surface area contributed by atoms with E-state index in [2.05, 4.69) is 0 Å². The van der Waals surface area contributed by atoms with Crippen LogP contribution in [-0.2, 0) is 6.67 Å². The molecule has 3 heteroatoms. The summed E-state index contributed by atoms with van der Waals surface area (Å²) in [6, 6.07) is 2.74. The zero-order valence-corrected chi connectivity index (χ0v) is 6.75. The van der Waals surface area contributed by atoms with E-state index < -0.39 is 12.5 Å². The molecule has 0 fully saturated rings. The molecule has 1 aromatic carbocycles. The maximum atomic E-state index is 12.7. The van der Waals surface area contributed by atoms with E-state index in [-0.39, 0.29) is 10.6 Å². The quantitative estimate of drug-likeness (QED) is 0.616. The van der Waals surface area contributed by atoms with Crippen molar-refractivity contribution in [3.63, 3.8) is 0 Å². The molecular weight excluding hydrogens is 170 g/mol. The van der Waals surface area contributed by atoms with E-state index in [0.717, 1.165) is 0 Å². The molecule has 0 saturated carbocycles. The summed E-state index contributed by atoms with van der Waals surface area (Å²) < 4.78 is 24.8. The maximum absolute atomic E-state index is 12.7. The largest absolute Gasteiger partial charge is 0.246 e. The summed E-state index contributed by atoms with van der Waals surface area (Å²) in [6.45, 7) is 0.854. The van der Waals surface area contributed by atoms with E-state index in [1.165, 1.54) is 12.1 Å². The molecule has 0 bridgehead atoms. The predicted molar refractivity (Wildman–Crippen MR) is 41.0 cm³/mol. The van der Waals surface area contributed by atoms with Gasteiger partial charge in [0, 0.05) is 5.56 Å². The highest BCUT2D eigenvalue weighted by Gasteiger charge is 2.08. The number of alkyl halides is 1. The monoisotopic (exact) mass is 176 g/mol.